The molecular formula is C10H13ClN4O3S. The third-order valence-corrected chi connectivity index (χ3v) is 3.87. The highest BCUT2D eigenvalue weighted by molar-refractivity contribution is 7.89. The first-order valence-corrected chi connectivity index (χ1v) is 7.28. The van der Waals surface area contributed by atoms with E-state index in [-0.39, 0.29) is 29.6 Å². The fourth-order valence-corrected chi connectivity index (χ4v) is 2.01. The molecule has 0 aliphatic heterocycles. The van der Waals surface area contributed by atoms with Gasteiger partial charge >= 0.3 is 0 Å². The van der Waals surface area contributed by atoms with Crippen molar-refractivity contribution < 1.29 is 8.42 Å². The molecule has 7 nitrogen and oxygen atoms in total. The van der Waals surface area contributed by atoms with E-state index in [1.165, 1.54) is 13.2 Å². The fraction of sp³-hybridized carbons (Fsp3) is 0.400. The number of hydrogen-bond donors (Lipinski definition) is 2. The summed E-state index contributed by atoms with van der Waals surface area (Å²) in [6.45, 7) is 0.0533. The van der Waals surface area contributed by atoms with Crippen molar-refractivity contribution in [2.45, 2.75) is 6.54 Å². The smallest absolute Gasteiger partial charge is 0.292 e. The van der Waals surface area contributed by atoms with E-state index in [1.807, 2.05) is 0 Å². The highest BCUT2D eigenvalue weighted by Crippen LogP contribution is 2.14. The zero-order valence-corrected chi connectivity index (χ0v) is 11.8. The maximum atomic E-state index is 11.9. The Morgan fingerprint density at radius 2 is 2.26 bits per heavy atom. The van der Waals surface area contributed by atoms with Crippen molar-refractivity contribution >= 4 is 27.3 Å². The Morgan fingerprint density at radius 3 is 2.84 bits per heavy atom. The van der Waals surface area contributed by atoms with E-state index in [0.717, 1.165) is 4.68 Å². The van der Waals surface area contributed by atoms with Crippen LogP contribution in [-0.2, 0) is 16.6 Å². The second-order valence-corrected chi connectivity index (χ2v) is 5.94. The molecule has 0 saturated heterocycles. The molecular weight excluding hydrogens is 292 g/mol. The molecule has 0 aromatic carbocycles. The summed E-state index contributed by atoms with van der Waals surface area (Å²) >= 11 is 5.83. The van der Waals surface area contributed by atoms with E-state index in [0.29, 0.717) is 0 Å². The van der Waals surface area contributed by atoms with Gasteiger partial charge in [-0.3, -0.25) is 4.79 Å². The molecule has 0 atom stereocenters. The lowest BCUT2D eigenvalue weighted by atomic mass is 10.4. The van der Waals surface area contributed by atoms with Crippen molar-refractivity contribution in [1.29, 1.82) is 0 Å². The van der Waals surface area contributed by atoms with E-state index in [1.54, 1.807) is 0 Å². The van der Waals surface area contributed by atoms with E-state index in [2.05, 4.69) is 21.1 Å². The van der Waals surface area contributed by atoms with Crippen LogP contribution in [0.2, 0.25) is 5.02 Å². The first-order chi connectivity index (χ1) is 8.91. The number of nitrogens with zero attached hydrogens (tertiary/aromatic N) is 2. The molecule has 1 heterocycles. The Bertz CT molecular complexity index is 648. The minimum atomic E-state index is -3.35. The van der Waals surface area contributed by atoms with Gasteiger partial charge in [0, 0.05) is 6.54 Å². The molecule has 0 bridgehead atoms. The number of terminal acetylenes is 1. The van der Waals surface area contributed by atoms with Gasteiger partial charge in [0.15, 0.2) is 0 Å². The van der Waals surface area contributed by atoms with Crippen molar-refractivity contribution in [3.63, 3.8) is 0 Å². The summed E-state index contributed by atoms with van der Waals surface area (Å²) in [5.74, 6) is 2.10. The molecule has 0 aliphatic carbocycles. The average Bonchev–Trinajstić information content (AvgIpc) is 2.37. The molecule has 9 heteroatoms. The summed E-state index contributed by atoms with van der Waals surface area (Å²) in [5.41, 5.74) is -0.412. The fourth-order valence-electron chi connectivity index (χ4n) is 1.24. The first-order valence-electron chi connectivity index (χ1n) is 5.25. The SMILES string of the molecule is C#CCn1ncc(Cl)c(NCCS(=O)(=O)NC)c1=O. The lowest BCUT2D eigenvalue weighted by Gasteiger charge is -2.09. The number of anilines is 1. The van der Waals surface area contributed by atoms with Crippen molar-refractivity contribution in [2.24, 2.45) is 0 Å². The van der Waals surface area contributed by atoms with Crippen LogP contribution >= 0.6 is 11.6 Å². The van der Waals surface area contributed by atoms with Gasteiger partial charge in [-0.15, -0.1) is 6.42 Å². The van der Waals surface area contributed by atoms with Gasteiger partial charge in [-0.05, 0) is 7.05 Å². The molecule has 1 aromatic heterocycles. The molecule has 0 fully saturated rings. The molecule has 2 N–H and O–H groups in total. The van der Waals surface area contributed by atoms with E-state index in [4.69, 9.17) is 18.0 Å². The van der Waals surface area contributed by atoms with Crippen molar-refractivity contribution in [3.8, 4) is 12.3 Å². The molecule has 1 aromatic rings. The summed E-state index contributed by atoms with van der Waals surface area (Å²) in [7, 11) is -2.03. The molecule has 0 unspecified atom stereocenters. The third kappa shape index (κ3) is 4.24. The van der Waals surface area contributed by atoms with Gasteiger partial charge in [0.1, 0.15) is 12.2 Å². The van der Waals surface area contributed by atoms with Gasteiger partial charge in [0.05, 0.1) is 17.0 Å². The Labute approximate surface area is 116 Å². The van der Waals surface area contributed by atoms with Crippen LogP contribution in [0.1, 0.15) is 0 Å². The number of hydrogen-bond acceptors (Lipinski definition) is 5. The van der Waals surface area contributed by atoms with Gasteiger partial charge in [0.2, 0.25) is 10.0 Å². The molecule has 0 aliphatic rings. The summed E-state index contributed by atoms with van der Waals surface area (Å²) in [5, 5.41) is 6.55. The number of nitrogens with one attached hydrogen (secondary N) is 2. The second kappa shape index (κ2) is 6.56. The van der Waals surface area contributed by atoms with Crippen molar-refractivity contribution in [2.75, 3.05) is 24.7 Å². The zero-order chi connectivity index (χ0) is 14.5. The van der Waals surface area contributed by atoms with Gasteiger partial charge in [-0.1, -0.05) is 17.5 Å². The molecule has 0 amide bonds. The summed E-state index contributed by atoms with van der Waals surface area (Å²) < 4.78 is 25.7. The van der Waals surface area contributed by atoms with Crippen LogP contribution in [0.5, 0.6) is 0 Å². The predicted octanol–water partition coefficient (Wildman–Crippen LogP) is -0.509. The lowest BCUT2D eigenvalue weighted by molar-refractivity contribution is 0.588. The zero-order valence-electron chi connectivity index (χ0n) is 10.2. The van der Waals surface area contributed by atoms with Crippen LogP contribution in [-0.4, -0.2) is 37.5 Å². The van der Waals surface area contributed by atoms with Crippen molar-refractivity contribution in [1.82, 2.24) is 14.5 Å². The van der Waals surface area contributed by atoms with Crippen LogP contribution in [0.3, 0.4) is 0 Å². The highest BCUT2D eigenvalue weighted by Gasteiger charge is 2.11. The monoisotopic (exact) mass is 304 g/mol. The topological polar surface area (TPSA) is 93.1 Å². The average molecular weight is 305 g/mol. The maximum absolute atomic E-state index is 11.9. The number of sulfonamides is 1. The van der Waals surface area contributed by atoms with Crippen LogP contribution in [0.4, 0.5) is 5.69 Å². The minimum absolute atomic E-state index is 0.0134. The molecule has 0 radical (unpaired) electrons. The van der Waals surface area contributed by atoms with Gasteiger partial charge in [-0.25, -0.2) is 17.8 Å². The van der Waals surface area contributed by atoms with E-state index < -0.39 is 15.6 Å². The first kappa shape index (κ1) is 15.5. The molecule has 19 heavy (non-hydrogen) atoms. The second-order valence-electron chi connectivity index (χ2n) is 3.48. The minimum Gasteiger partial charge on any atom is -0.378 e. The quantitative estimate of drug-likeness (QED) is 0.691. The highest BCUT2D eigenvalue weighted by atomic mass is 35.5. The van der Waals surface area contributed by atoms with Crippen LogP contribution in [0.25, 0.3) is 0 Å². The van der Waals surface area contributed by atoms with Crippen LogP contribution < -0.4 is 15.6 Å². The van der Waals surface area contributed by atoms with Gasteiger partial charge in [0.25, 0.3) is 5.56 Å². The summed E-state index contributed by atoms with van der Waals surface area (Å²) in [4.78, 5) is 11.9. The van der Waals surface area contributed by atoms with Gasteiger partial charge < -0.3 is 5.32 Å². The number of rotatable bonds is 6. The molecule has 0 spiro atoms. The van der Waals surface area contributed by atoms with Gasteiger partial charge in [-0.2, -0.15) is 5.10 Å². The maximum Gasteiger partial charge on any atom is 0.292 e. The Hall–Kier alpha value is -1.56. The summed E-state index contributed by atoms with van der Waals surface area (Å²) in [6, 6.07) is 0. The number of halogens is 1. The van der Waals surface area contributed by atoms with Crippen LogP contribution in [0.15, 0.2) is 11.0 Å². The molecule has 0 saturated carbocycles. The van der Waals surface area contributed by atoms with Crippen molar-refractivity contribution in [3.05, 3.63) is 21.6 Å². The molecule has 1 rings (SSSR count). The Morgan fingerprint density at radius 1 is 1.58 bits per heavy atom. The number of aromatic nitrogens is 2. The lowest BCUT2D eigenvalue weighted by Crippen LogP contribution is -2.30. The van der Waals surface area contributed by atoms with Crippen LogP contribution in [0, 0.1) is 12.3 Å². The predicted molar refractivity (Wildman–Crippen MR) is 73.7 cm³/mol. The Balaban J connectivity index is 2.87. The van der Waals surface area contributed by atoms with E-state index in [9.17, 15) is 13.2 Å². The summed E-state index contributed by atoms with van der Waals surface area (Å²) in [6.07, 6.45) is 6.38. The normalized spacial score (nSPS) is 11.0. The largest absolute Gasteiger partial charge is 0.378 e. The third-order valence-electron chi connectivity index (χ3n) is 2.22. The molecule has 104 valence electrons. The van der Waals surface area contributed by atoms with E-state index >= 15 is 0 Å². The standard InChI is InChI=1S/C10H13ClN4O3S/c1-3-5-15-10(16)9(8(11)7-14-15)13-4-6-19(17,18)12-2/h1,7,12-13H,4-6H2,2H3. The Kier molecular flexibility index (Phi) is 5.35.